The SMILES string of the molecule is CCC(=O)N1CCN(c2cc(C)c(C(C)=O)cc2F)CC1. The van der Waals surface area contributed by atoms with Crippen LogP contribution in [-0.2, 0) is 4.79 Å². The van der Waals surface area contributed by atoms with E-state index in [4.69, 9.17) is 0 Å². The molecule has 0 atom stereocenters. The molecule has 5 heteroatoms. The molecule has 0 bridgehead atoms. The van der Waals surface area contributed by atoms with Crippen LogP contribution in [0.25, 0.3) is 0 Å². The first-order chi connectivity index (χ1) is 9.93. The van der Waals surface area contributed by atoms with Crippen molar-refractivity contribution in [3.8, 4) is 0 Å². The normalized spacial score (nSPS) is 15.2. The van der Waals surface area contributed by atoms with E-state index >= 15 is 0 Å². The molecule has 0 aliphatic carbocycles. The molecular formula is C16H21FN2O2. The molecule has 1 aromatic rings. The highest BCUT2D eigenvalue weighted by molar-refractivity contribution is 5.96. The maximum absolute atomic E-state index is 14.2. The monoisotopic (exact) mass is 292 g/mol. The van der Waals surface area contributed by atoms with Crippen molar-refractivity contribution in [1.29, 1.82) is 0 Å². The molecule has 4 nitrogen and oxygen atoms in total. The standard InChI is InChI=1S/C16H21FN2O2/c1-4-16(21)19-7-5-18(6-8-19)15-9-11(2)13(12(3)20)10-14(15)17/h9-10H,4-8H2,1-3H3. The lowest BCUT2D eigenvalue weighted by Crippen LogP contribution is -2.48. The van der Waals surface area contributed by atoms with Gasteiger partial charge in [0.05, 0.1) is 5.69 Å². The molecule has 1 aromatic carbocycles. The van der Waals surface area contributed by atoms with Gasteiger partial charge >= 0.3 is 0 Å². The maximum atomic E-state index is 14.2. The van der Waals surface area contributed by atoms with Crippen LogP contribution in [0.4, 0.5) is 10.1 Å². The van der Waals surface area contributed by atoms with Gasteiger partial charge in [-0.25, -0.2) is 4.39 Å². The Morgan fingerprint density at radius 1 is 1.19 bits per heavy atom. The van der Waals surface area contributed by atoms with Gasteiger partial charge in [-0.15, -0.1) is 0 Å². The third kappa shape index (κ3) is 3.23. The number of piperazine rings is 1. The number of nitrogens with zero attached hydrogens (tertiary/aromatic N) is 2. The summed E-state index contributed by atoms with van der Waals surface area (Å²) in [5.74, 6) is -0.365. The highest BCUT2D eigenvalue weighted by Crippen LogP contribution is 2.25. The Morgan fingerprint density at radius 3 is 2.33 bits per heavy atom. The van der Waals surface area contributed by atoms with Crippen LogP contribution < -0.4 is 4.90 Å². The first-order valence-electron chi connectivity index (χ1n) is 7.27. The fourth-order valence-electron chi connectivity index (χ4n) is 2.71. The predicted molar refractivity (Wildman–Crippen MR) is 80.2 cm³/mol. The Morgan fingerprint density at radius 2 is 1.81 bits per heavy atom. The minimum absolute atomic E-state index is 0.128. The third-order valence-corrected chi connectivity index (χ3v) is 3.95. The number of amides is 1. The zero-order valence-electron chi connectivity index (χ0n) is 12.8. The summed E-state index contributed by atoms with van der Waals surface area (Å²) < 4.78 is 14.2. The average molecular weight is 292 g/mol. The molecule has 114 valence electrons. The molecule has 0 spiro atoms. The quantitative estimate of drug-likeness (QED) is 0.803. The Balaban J connectivity index is 2.16. The van der Waals surface area contributed by atoms with Crippen molar-refractivity contribution in [3.05, 3.63) is 29.1 Å². The maximum Gasteiger partial charge on any atom is 0.222 e. The van der Waals surface area contributed by atoms with Crippen molar-refractivity contribution in [2.24, 2.45) is 0 Å². The van der Waals surface area contributed by atoms with E-state index < -0.39 is 0 Å². The Hall–Kier alpha value is -1.91. The fourth-order valence-corrected chi connectivity index (χ4v) is 2.71. The van der Waals surface area contributed by atoms with Gasteiger partial charge in [0.15, 0.2) is 5.78 Å². The summed E-state index contributed by atoms with van der Waals surface area (Å²) in [7, 11) is 0. The third-order valence-electron chi connectivity index (χ3n) is 3.95. The number of carbonyl (C=O) groups is 2. The number of ketones is 1. The van der Waals surface area contributed by atoms with E-state index in [1.165, 1.54) is 13.0 Å². The number of benzene rings is 1. The molecule has 21 heavy (non-hydrogen) atoms. The van der Waals surface area contributed by atoms with Gasteiger partial charge in [0, 0.05) is 38.2 Å². The highest BCUT2D eigenvalue weighted by Gasteiger charge is 2.22. The second kappa shape index (κ2) is 6.24. The first-order valence-corrected chi connectivity index (χ1v) is 7.27. The van der Waals surface area contributed by atoms with Crippen molar-refractivity contribution in [2.45, 2.75) is 27.2 Å². The average Bonchev–Trinajstić information content (AvgIpc) is 2.48. The minimum atomic E-state index is -0.374. The summed E-state index contributed by atoms with van der Waals surface area (Å²) in [5.41, 5.74) is 1.73. The van der Waals surface area contributed by atoms with Crippen LogP contribution in [0.2, 0.25) is 0 Å². The van der Waals surface area contributed by atoms with Crippen LogP contribution in [0.15, 0.2) is 12.1 Å². The van der Waals surface area contributed by atoms with E-state index in [1.807, 2.05) is 23.6 Å². The predicted octanol–water partition coefficient (Wildman–Crippen LogP) is 2.40. The van der Waals surface area contributed by atoms with Crippen molar-refractivity contribution in [3.63, 3.8) is 0 Å². The molecule has 0 N–H and O–H groups in total. The lowest BCUT2D eigenvalue weighted by molar-refractivity contribution is -0.131. The lowest BCUT2D eigenvalue weighted by atomic mass is 10.0. The number of rotatable bonds is 3. The van der Waals surface area contributed by atoms with E-state index in [2.05, 4.69) is 0 Å². The summed E-state index contributed by atoms with van der Waals surface area (Å²) in [6.45, 7) is 7.55. The molecule has 0 aromatic heterocycles. The molecule has 2 rings (SSSR count). The van der Waals surface area contributed by atoms with Gasteiger partial charge < -0.3 is 9.80 Å². The van der Waals surface area contributed by atoms with E-state index in [0.29, 0.717) is 43.9 Å². The molecule has 0 radical (unpaired) electrons. The second-order valence-corrected chi connectivity index (χ2v) is 5.40. The number of carbonyl (C=O) groups excluding carboxylic acids is 2. The lowest BCUT2D eigenvalue weighted by Gasteiger charge is -2.36. The van der Waals surface area contributed by atoms with E-state index in [-0.39, 0.29) is 17.5 Å². The molecule has 1 fully saturated rings. The molecular weight excluding hydrogens is 271 g/mol. The molecule has 0 unspecified atom stereocenters. The minimum Gasteiger partial charge on any atom is -0.366 e. The molecule has 1 amide bonds. The van der Waals surface area contributed by atoms with Crippen LogP contribution in [0.3, 0.4) is 0 Å². The van der Waals surface area contributed by atoms with E-state index in [1.54, 1.807) is 6.07 Å². The van der Waals surface area contributed by atoms with Crippen molar-refractivity contribution in [1.82, 2.24) is 4.90 Å². The number of anilines is 1. The molecule has 1 heterocycles. The van der Waals surface area contributed by atoms with Crippen molar-refractivity contribution >= 4 is 17.4 Å². The van der Waals surface area contributed by atoms with Crippen molar-refractivity contribution in [2.75, 3.05) is 31.1 Å². The Labute approximate surface area is 124 Å². The zero-order valence-corrected chi connectivity index (χ0v) is 12.8. The van der Waals surface area contributed by atoms with Crippen LogP contribution in [0.1, 0.15) is 36.2 Å². The number of hydrogen-bond donors (Lipinski definition) is 0. The smallest absolute Gasteiger partial charge is 0.222 e. The molecule has 0 saturated carbocycles. The van der Waals surface area contributed by atoms with Gasteiger partial charge in [-0.1, -0.05) is 6.92 Å². The van der Waals surface area contributed by atoms with Gasteiger partial charge in [-0.2, -0.15) is 0 Å². The number of hydrogen-bond acceptors (Lipinski definition) is 3. The van der Waals surface area contributed by atoms with Crippen LogP contribution >= 0.6 is 0 Å². The summed E-state index contributed by atoms with van der Waals surface area (Å²) in [5, 5.41) is 0. The Kier molecular flexibility index (Phi) is 4.60. The topological polar surface area (TPSA) is 40.6 Å². The first kappa shape index (κ1) is 15.5. The van der Waals surface area contributed by atoms with Crippen LogP contribution in [0, 0.1) is 12.7 Å². The van der Waals surface area contributed by atoms with Crippen LogP contribution in [-0.4, -0.2) is 42.8 Å². The molecule has 1 saturated heterocycles. The van der Waals surface area contributed by atoms with Gasteiger partial charge in [0.25, 0.3) is 0 Å². The van der Waals surface area contributed by atoms with Gasteiger partial charge in [0.1, 0.15) is 5.82 Å². The summed E-state index contributed by atoms with van der Waals surface area (Å²) in [4.78, 5) is 26.8. The Bertz CT molecular complexity index is 564. The van der Waals surface area contributed by atoms with E-state index in [0.717, 1.165) is 5.56 Å². The van der Waals surface area contributed by atoms with Gasteiger partial charge in [0.2, 0.25) is 5.91 Å². The number of halogens is 1. The summed E-state index contributed by atoms with van der Waals surface area (Å²) in [6.07, 6.45) is 0.501. The molecule has 1 aliphatic heterocycles. The summed E-state index contributed by atoms with van der Waals surface area (Å²) in [6, 6.07) is 3.04. The zero-order chi connectivity index (χ0) is 15.6. The second-order valence-electron chi connectivity index (χ2n) is 5.40. The molecule has 1 aliphatic rings. The highest BCUT2D eigenvalue weighted by atomic mass is 19.1. The number of aryl methyl sites for hydroxylation is 1. The number of Topliss-reactive ketones (excluding diaryl/α,β-unsaturated/α-hetero) is 1. The van der Waals surface area contributed by atoms with E-state index in [9.17, 15) is 14.0 Å². The van der Waals surface area contributed by atoms with Gasteiger partial charge in [-0.05, 0) is 31.5 Å². The fraction of sp³-hybridized carbons (Fsp3) is 0.500. The largest absolute Gasteiger partial charge is 0.366 e. The van der Waals surface area contributed by atoms with Crippen molar-refractivity contribution < 1.29 is 14.0 Å². The summed E-state index contributed by atoms with van der Waals surface area (Å²) >= 11 is 0. The van der Waals surface area contributed by atoms with Crippen LogP contribution in [0.5, 0.6) is 0 Å². The van der Waals surface area contributed by atoms with Gasteiger partial charge in [-0.3, -0.25) is 9.59 Å².